The molecule has 2 N–H and O–H groups in total. The molecule has 0 aliphatic rings. The molecule has 0 spiro atoms. The van der Waals surface area contributed by atoms with Crippen LogP contribution in [0.25, 0.3) is 0 Å². The van der Waals surface area contributed by atoms with Gasteiger partial charge in [-0.05, 0) is 30.7 Å². The quantitative estimate of drug-likeness (QED) is 0.714. The maximum absolute atomic E-state index is 12.2. The van der Waals surface area contributed by atoms with Crippen molar-refractivity contribution < 1.29 is 19.1 Å². The fraction of sp³-hybridized carbons (Fsp3) is 0.222. The summed E-state index contributed by atoms with van der Waals surface area (Å²) in [5.41, 5.74) is 1.75. The van der Waals surface area contributed by atoms with Gasteiger partial charge in [0.1, 0.15) is 17.9 Å². The SMILES string of the molecule is COc1cc(NC(=O)CC(=O)Nc2ccc(Cl)cc2C)c(OC)cc1Cl. The molecule has 0 aliphatic carbocycles. The highest BCUT2D eigenvalue weighted by molar-refractivity contribution is 6.32. The van der Waals surface area contributed by atoms with Crippen molar-refractivity contribution >= 4 is 46.4 Å². The van der Waals surface area contributed by atoms with E-state index in [4.69, 9.17) is 32.7 Å². The number of amides is 2. The highest BCUT2D eigenvalue weighted by Gasteiger charge is 2.15. The van der Waals surface area contributed by atoms with E-state index in [9.17, 15) is 9.59 Å². The van der Waals surface area contributed by atoms with Crippen LogP contribution >= 0.6 is 23.2 Å². The number of nitrogens with one attached hydrogen (secondary N) is 2. The van der Waals surface area contributed by atoms with Crippen LogP contribution in [0.1, 0.15) is 12.0 Å². The zero-order valence-corrected chi connectivity index (χ0v) is 16.0. The number of carbonyl (C=O) groups is 2. The fourth-order valence-corrected chi connectivity index (χ4v) is 2.72. The standard InChI is InChI=1S/C18H18Cl2N2O4/c1-10-6-11(19)4-5-13(10)21-17(23)9-18(24)22-14-8-15(25-2)12(20)7-16(14)26-3/h4-8H,9H2,1-3H3,(H,21,23)(H,22,24). The Morgan fingerprint density at radius 1 is 0.923 bits per heavy atom. The first-order valence-corrected chi connectivity index (χ1v) is 8.37. The molecular formula is C18H18Cl2N2O4. The summed E-state index contributed by atoms with van der Waals surface area (Å²) in [5, 5.41) is 6.22. The lowest BCUT2D eigenvalue weighted by atomic mass is 10.2. The minimum Gasteiger partial charge on any atom is -0.495 e. The van der Waals surface area contributed by atoms with Gasteiger partial charge in [-0.15, -0.1) is 0 Å². The molecule has 2 rings (SSSR count). The molecule has 0 aliphatic heterocycles. The van der Waals surface area contributed by atoms with Gasteiger partial charge in [0, 0.05) is 22.8 Å². The summed E-state index contributed by atoms with van der Waals surface area (Å²) in [4.78, 5) is 24.3. The Hall–Kier alpha value is -2.44. The summed E-state index contributed by atoms with van der Waals surface area (Å²) in [6.07, 6.45) is -0.365. The normalized spacial score (nSPS) is 10.2. The molecule has 6 nitrogen and oxygen atoms in total. The Morgan fingerprint density at radius 2 is 1.54 bits per heavy atom. The zero-order chi connectivity index (χ0) is 19.3. The fourth-order valence-electron chi connectivity index (χ4n) is 2.26. The second-order valence-electron chi connectivity index (χ2n) is 5.42. The van der Waals surface area contributed by atoms with Crippen LogP contribution in [0.3, 0.4) is 0 Å². The van der Waals surface area contributed by atoms with E-state index in [1.807, 2.05) is 6.92 Å². The molecule has 0 atom stereocenters. The number of anilines is 2. The van der Waals surface area contributed by atoms with E-state index in [1.54, 1.807) is 18.2 Å². The van der Waals surface area contributed by atoms with Crippen LogP contribution in [0, 0.1) is 6.92 Å². The summed E-state index contributed by atoms with van der Waals surface area (Å²) >= 11 is 11.9. The largest absolute Gasteiger partial charge is 0.495 e. The smallest absolute Gasteiger partial charge is 0.233 e. The molecule has 138 valence electrons. The second kappa shape index (κ2) is 8.78. The summed E-state index contributed by atoms with van der Waals surface area (Å²) in [7, 11) is 2.91. The Kier molecular flexibility index (Phi) is 6.71. The third-order valence-electron chi connectivity index (χ3n) is 3.53. The van der Waals surface area contributed by atoms with Gasteiger partial charge in [-0.1, -0.05) is 23.2 Å². The van der Waals surface area contributed by atoms with Gasteiger partial charge in [0.2, 0.25) is 11.8 Å². The van der Waals surface area contributed by atoms with E-state index in [-0.39, 0.29) is 6.42 Å². The number of methoxy groups -OCH3 is 2. The van der Waals surface area contributed by atoms with Crippen molar-refractivity contribution in [2.75, 3.05) is 24.9 Å². The van der Waals surface area contributed by atoms with E-state index in [0.29, 0.717) is 32.9 Å². The lowest BCUT2D eigenvalue weighted by Gasteiger charge is -2.13. The van der Waals surface area contributed by atoms with E-state index in [2.05, 4.69) is 10.6 Å². The third-order valence-corrected chi connectivity index (χ3v) is 4.06. The second-order valence-corrected chi connectivity index (χ2v) is 6.26. The highest BCUT2D eigenvalue weighted by atomic mass is 35.5. The topological polar surface area (TPSA) is 76.7 Å². The Morgan fingerprint density at radius 3 is 2.12 bits per heavy atom. The molecule has 26 heavy (non-hydrogen) atoms. The maximum atomic E-state index is 12.2. The number of halogens is 2. The maximum Gasteiger partial charge on any atom is 0.233 e. The molecule has 2 aromatic rings. The van der Waals surface area contributed by atoms with E-state index < -0.39 is 11.8 Å². The van der Waals surface area contributed by atoms with Crippen LogP contribution in [0.15, 0.2) is 30.3 Å². The number of aryl methyl sites for hydroxylation is 1. The van der Waals surface area contributed by atoms with Crippen LogP contribution in [-0.2, 0) is 9.59 Å². The summed E-state index contributed by atoms with van der Waals surface area (Å²) in [5.74, 6) is -0.216. The van der Waals surface area contributed by atoms with E-state index in [0.717, 1.165) is 5.56 Å². The summed E-state index contributed by atoms with van der Waals surface area (Å²) in [6.45, 7) is 1.81. The van der Waals surface area contributed by atoms with Gasteiger partial charge in [0.05, 0.1) is 24.9 Å². The Balaban J connectivity index is 2.05. The van der Waals surface area contributed by atoms with Gasteiger partial charge < -0.3 is 20.1 Å². The van der Waals surface area contributed by atoms with Gasteiger partial charge in [-0.3, -0.25) is 9.59 Å². The molecule has 0 saturated carbocycles. The minimum atomic E-state index is -0.503. The predicted octanol–water partition coefficient (Wildman–Crippen LogP) is 4.29. The van der Waals surface area contributed by atoms with Crippen LogP contribution in [0.5, 0.6) is 11.5 Å². The van der Waals surface area contributed by atoms with Crippen molar-refractivity contribution in [1.29, 1.82) is 0 Å². The molecular weight excluding hydrogens is 379 g/mol. The van der Waals surface area contributed by atoms with Crippen molar-refractivity contribution in [3.8, 4) is 11.5 Å². The number of hydrogen-bond donors (Lipinski definition) is 2. The first kappa shape index (κ1) is 19.9. The number of benzene rings is 2. The Bertz CT molecular complexity index is 840. The van der Waals surface area contributed by atoms with Crippen LogP contribution in [-0.4, -0.2) is 26.0 Å². The van der Waals surface area contributed by atoms with Gasteiger partial charge in [-0.2, -0.15) is 0 Å². The number of rotatable bonds is 6. The molecule has 0 heterocycles. The summed E-state index contributed by atoms with van der Waals surface area (Å²) < 4.78 is 10.3. The zero-order valence-electron chi connectivity index (χ0n) is 14.5. The highest BCUT2D eigenvalue weighted by Crippen LogP contribution is 2.35. The van der Waals surface area contributed by atoms with Crippen molar-refractivity contribution in [1.82, 2.24) is 0 Å². The number of ether oxygens (including phenoxy) is 2. The summed E-state index contributed by atoms with van der Waals surface area (Å²) in [6, 6.07) is 8.12. The number of carbonyl (C=O) groups excluding carboxylic acids is 2. The van der Waals surface area contributed by atoms with Crippen LogP contribution in [0.2, 0.25) is 10.0 Å². The molecule has 0 fully saturated rings. The van der Waals surface area contributed by atoms with Crippen LogP contribution < -0.4 is 20.1 Å². The van der Waals surface area contributed by atoms with E-state index >= 15 is 0 Å². The Labute approximate surface area is 161 Å². The monoisotopic (exact) mass is 396 g/mol. The lowest BCUT2D eigenvalue weighted by Crippen LogP contribution is -2.22. The van der Waals surface area contributed by atoms with E-state index in [1.165, 1.54) is 26.4 Å². The first-order chi connectivity index (χ1) is 12.3. The lowest BCUT2D eigenvalue weighted by molar-refractivity contribution is -0.123. The molecule has 2 aromatic carbocycles. The average molecular weight is 397 g/mol. The first-order valence-electron chi connectivity index (χ1n) is 7.61. The predicted molar refractivity (Wildman–Crippen MR) is 103 cm³/mol. The van der Waals surface area contributed by atoms with Gasteiger partial charge in [-0.25, -0.2) is 0 Å². The molecule has 2 amide bonds. The molecule has 0 bridgehead atoms. The van der Waals surface area contributed by atoms with Crippen molar-refractivity contribution in [2.24, 2.45) is 0 Å². The van der Waals surface area contributed by atoms with Crippen molar-refractivity contribution in [3.05, 3.63) is 45.9 Å². The molecule has 8 heteroatoms. The molecule has 0 saturated heterocycles. The third kappa shape index (κ3) is 5.03. The van der Waals surface area contributed by atoms with Crippen molar-refractivity contribution in [2.45, 2.75) is 13.3 Å². The van der Waals surface area contributed by atoms with Crippen molar-refractivity contribution in [3.63, 3.8) is 0 Å². The van der Waals surface area contributed by atoms with Gasteiger partial charge >= 0.3 is 0 Å². The van der Waals surface area contributed by atoms with Gasteiger partial charge in [0.15, 0.2) is 0 Å². The minimum absolute atomic E-state index is 0.346. The molecule has 0 radical (unpaired) electrons. The average Bonchev–Trinajstić information content (AvgIpc) is 2.58. The van der Waals surface area contributed by atoms with Crippen LogP contribution in [0.4, 0.5) is 11.4 Å². The molecule has 0 aromatic heterocycles. The molecule has 0 unspecified atom stereocenters. The van der Waals surface area contributed by atoms with Gasteiger partial charge in [0.25, 0.3) is 0 Å². The number of hydrogen-bond acceptors (Lipinski definition) is 4.